The Kier molecular flexibility index (Phi) is 10.4. The van der Waals surface area contributed by atoms with Crippen LogP contribution in [-0.4, -0.2) is 50.5 Å². The molecule has 2 aliphatic rings. The fraction of sp³-hybridized carbons (Fsp3) is 0.429. The van der Waals surface area contributed by atoms with Crippen molar-refractivity contribution in [2.45, 2.75) is 73.2 Å². The highest BCUT2D eigenvalue weighted by Gasteiger charge is 2.73. The predicted octanol–water partition coefficient (Wildman–Crippen LogP) is 7.94. The third-order valence-corrected chi connectivity index (χ3v) is 12.4. The molecule has 1 aliphatic heterocycles. The SMILES string of the molecule is CC(=O)N1CCC(C(=O)CC2CC(c3ccc(C(OCc4c(F)cccc4F)(C(F)(F)F)C(F)(F)F)cc3)(S(=O)(=O)c3ccc(F)cc3)C2)CC1. The van der Waals surface area contributed by atoms with Crippen molar-refractivity contribution in [2.24, 2.45) is 11.8 Å². The second-order valence-electron chi connectivity index (χ2n) is 12.9. The van der Waals surface area contributed by atoms with Gasteiger partial charge in [0.15, 0.2) is 9.84 Å². The lowest BCUT2D eigenvalue weighted by molar-refractivity contribution is -0.392. The van der Waals surface area contributed by atoms with Crippen molar-refractivity contribution >= 4 is 21.5 Å². The molecule has 1 aliphatic carbocycles. The van der Waals surface area contributed by atoms with Gasteiger partial charge in [0.25, 0.3) is 5.60 Å². The molecule has 0 aromatic heterocycles. The summed E-state index contributed by atoms with van der Waals surface area (Å²) in [5, 5.41) is 0. The van der Waals surface area contributed by atoms with Crippen LogP contribution in [-0.2, 0) is 41.1 Å². The Morgan fingerprint density at radius 3 is 1.84 bits per heavy atom. The number of piperidine rings is 1. The zero-order chi connectivity index (χ0) is 37.6. The van der Waals surface area contributed by atoms with Crippen LogP contribution in [0.5, 0.6) is 0 Å². The van der Waals surface area contributed by atoms with Crippen molar-refractivity contribution in [1.29, 1.82) is 0 Å². The summed E-state index contributed by atoms with van der Waals surface area (Å²) in [4.78, 5) is 26.1. The molecule has 6 nitrogen and oxygen atoms in total. The Labute approximate surface area is 287 Å². The van der Waals surface area contributed by atoms with Crippen molar-refractivity contribution < 1.29 is 62.3 Å². The molecule has 276 valence electrons. The van der Waals surface area contributed by atoms with Crippen LogP contribution in [0.4, 0.5) is 39.5 Å². The predicted molar refractivity (Wildman–Crippen MR) is 164 cm³/mol. The van der Waals surface area contributed by atoms with Crippen LogP contribution in [0.1, 0.15) is 55.7 Å². The van der Waals surface area contributed by atoms with Crippen LogP contribution >= 0.6 is 0 Å². The van der Waals surface area contributed by atoms with E-state index < -0.39 is 73.6 Å². The second-order valence-corrected chi connectivity index (χ2v) is 15.2. The average Bonchev–Trinajstić information content (AvgIpc) is 3.03. The zero-order valence-electron chi connectivity index (χ0n) is 27.0. The van der Waals surface area contributed by atoms with E-state index in [1.165, 1.54) is 6.92 Å². The molecule has 0 unspecified atom stereocenters. The van der Waals surface area contributed by atoms with Crippen LogP contribution < -0.4 is 0 Å². The summed E-state index contributed by atoms with van der Waals surface area (Å²) in [6.45, 7) is 0.409. The number of rotatable bonds is 10. The molecule has 1 heterocycles. The molecule has 1 amide bonds. The van der Waals surface area contributed by atoms with Crippen LogP contribution in [0.2, 0.25) is 0 Å². The maximum Gasteiger partial charge on any atom is 0.430 e. The lowest BCUT2D eigenvalue weighted by Gasteiger charge is -2.48. The molecule has 3 aromatic carbocycles. The van der Waals surface area contributed by atoms with Gasteiger partial charge >= 0.3 is 12.4 Å². The highest BCUT2D eigenvalue weighted by molar-refractivity contribution is 7.92. The summed E-state index contributed by atoms with van der Waals surface area (Å²) in [5.41, 5.74) is -7.97. The van der Waals surface area contributed by atoms with Gasteiger partial charge in [-0.25, -0.2) is 21.6 Å². The van der Waals surface area contributed by atoms with Crippen molar-refractivity contribution in [1.82, 2.24) is 4.90 Å². The molecule has 5 rings (SSSR count). The summed E-state index contributed by atoms with van der Waals surface area (Å²) in [6, 6.07) is 8.23. The Balaban J connectivity index is 1.49. The molecule has 51 heavy (non-hydrogen) atoms. The molecule has 0 atom stereocenters. The molecular formula is C35H32F9NO5S. The number of carbonyl (C=O) groups excluding carboxylic acids is 2. The number of hydrogen-bond donors (Lipinski definition) is 0. The van der Waals surface area contributed by atoms with Crippen molar-refractivity contribution in [2.75, 3.05) is 13.1 Å². The van der Waals surface area contributed by atoms with Gasteiger partial charge in [-0.2, -0.15) is 26.3 Å². The number of likely N-dealkylation sites (tertiary alicyclic amines) is 1. The molecule has 0 radical (unpaired) electrons. The number of ether oxygens (including phenoxy) is 1. The van der Waals surface area contributed by atoms with E-state index >= 15 is 0 Å². The van der Waals surface area contributed by atoms with Gasteiger partial charge in [-0.15, -0.1) is 0 Å². The maximum absolute atomic E-state index is 14.5. The summed E-state index contributed by atoms with van der Waals surface area (Å²) < 4.78 is 160. The number of nitrogens with zero attached hydrogens (tertiary/aromatic N) is 1. The van der Waals surface area contributed by atoms with E-state index in [2.05, 4.69) is 4.74 Å². The minimum absolute atomic E-state index is 0.0464. The second kappa shape index (κ2) is 13.9. The smallest absolute Gasteiger partial charge is 0.349 e. The number of halogens is 9. The van der Waals surface area contributed by atoms with Crippen molar-refractivity contribution in [3.8, 4) is 0 Å². The fourth-order valence-corrected chi connectivity index (χ4v) is 9.33. The number of carbonyl (C=O) groups is 2. The molecular weight excluding hydrogens is 717 g/mol. The minimum Gasteiger partial charge on any atom is -0.349 e. The topological polar surface area (TPSA) is 80.8 Å². The molecule has 16 heteroatoms. The van der Waals surface area contributed by atoms with E-state index in [-0.39, 0.29) is 47.3 Å². The van der Waals surface area contributed by atoms with Gasteiger partial charge in [0.2, 0.25) is 5.91 Å². The van der Waals surface area contributed by atoms with Gasteiger partial charge in [0, 0.05) is 43.5 Å². The van der Waals surface area contributed by atoms with E-state index in [4.69, 9.17) is 0 Å². The third kappa shape index (κ3) is 7.00. The Hall–Kier alpha value is -3.92. The monoisotopic (exact) mass is 749 g/mol. The van der Waals surface area contributed by atoms with Crippen LogP contribution in [0.25, 0.3) is 0 Å². The lowest BCUT2D eigenvalue weighted by atomic mass is 9.67. The summed E-state index contributed by atoms with van der Waals surface area (Å²) >= 11 is 0. The highest BCUT2D eigenvalue weighted by atomic mass is 32.2. The van der Waals surface area contributed by atoms with Crippen LogP contribution in [0, 0.1) is 29.3 Å². The molecule has 2 fully saturated rings. The standard InChI is InChI=1S/C35H32F9NO5S/c1-21(46)45-15-13-23(14-16-45)31(47)17-22-18-32(19-22,51(48,49)27-11-9-26(36)10-12-27)24-5-7-25(8-6-24)33(34(39,40)41,35(42,43)44)50-20-28-29(37)3-2-4-30(28)38/h2-12,22-23H,13-20H2,1H3. The van der Waals surface area contributed by atoms with Gasteiger partial charge in [-0.1, -0.05) is 30.3 Å². The van der Waals surface area contributed by atoms with Gasteiger partial charge < -0.3 is 9.64 Å². The fourth-order valence-electron chi connectivity index (χ4n) is 7.03. The number of ketones is 1. The Morgan fingerprint density at radius 1 is 0.824 bits per heavy atom. The Morgan fingerprint density at radius 2 is 1.35 bits per heavy atom. The zero-order valence-corrected chi connectivity index (χ0v) is 27.8. The Bertz CT molecular complexity index is 1830. The summed E-state index contributed by atoms with van der Waals surface area (Å²) in [7, 11) is -4.49. The minimum atomic E-state index is -6.21. The van der Waals surface area contributed by atoms with Crippen molar-refractivity contribution in [3.63, 3.8) is 0 Å². The molecule has 0 bridgehead atoms. The molecule has 0 spiro atoms. The molecule has 1 saturated carbocycles. The van der Waals surface area contributed by atoms with Gasteiger partial charge in [0.05, 0.1) is 11.5 Å². The van der Waals surface area contributed by atoms with Crippen LogP contribution in [0.15, 0.2) is 71.6 Å². The largest absolute Gasteiger partial charge is 0.430 e. The third-order valence-electron chi connectivity index (χ3n) is 9.87. The number of hydrogen-bond acceptors (Lipinski definition) is 5. The van der Waals surface area contributed by atoms with E-state index in [0.29, 0.717) is 50.2 Å². The van der Waals surface area contributed by atoms with E-state index in [1.54, 1.807) is 4.90 Å². The lowest BCUT2D eigenvalue weighted by Crippen LogP contribution is -2.56. The first-order valence-electron chi connectivity index (χ1n) is 15.8. The normalized spacial score (nSPS) is 20.6. The van der Waals surface area contributed by atoms with Gasteiger partial charge in [-0.3, -0.25) is 9.59 Å². The summed E-state index contributed by atoms with van der Waals surface area (Å²) in [6.07, 6.45) is -12.1. The van der Waals surface area contributed by atoms with Gasteiger partial charge in [0.1, 0.15) is 28.0 Å². The highest BCUT2D eigenvalue weighted by Crippen LogP contribution is 2.57. The first kappa shape index (κ1) is 38.3. The van der Waals surface area contributed by atoms with Gasteiger partial charge in [-0.05, 0) is 73.6 Å². The molecule has 3 aromatic rings. The van der Waals surface area contributed by atoms with Crippen LogP contribution in [0.3, 0.4) is 0 Å². The maximum atomic E-state index is 14.5. The number of Topliss-reactive ketones (excluding diaryl/α,β-unsaturated/α-hetero) is 1. The first-order chi connectivity index (χ1) is 23.7. The van der Waals surface area contributed by atoms with E-state index in [1.807, 2.05) is 0 Å². The van der Waals surface area contributed by atoms with Crippen molar-refractivity contribution in [3.05, 3.63) is 101 Å². The quantitative estimate of drug-likeness (QED) is 0.155. The molecule has 1 saturated heterocycles. The molecule has 0 N–H and O–H groups in total. The number of alkyl halides is 6. The number of amides is 1. The number of benzene rings is 3. The first-order valence-corrected chi connectivity index (χ1v) is 17.3. The average molecular weight is 750 g/mol. The summed E-state index contributed by atoms with van der Waals surface area (Å²) in [5.74, 6) is -4.82. The van der Waals surface area contributed by atoms with E-state index in [0.717, 1.165) is 42.5 Å². The number of sulfone groups is 1. The van der Waals surface area contributed by atoms with E-state index in [9.17, 15) is 57.5 Å².